The lowest BCUT2D eigenvalue weighted by atomic mass is 9.90. The van der Waals surface area contributed by atoms with Gasteiger partial charge >= 0.3 is 12.0 Å². The van der Waals surface area contributed by atoms with Crippen molar-refractivity contribution >= 4 is 17.7 Å². The van der Waals surface area contributed by atoms with Crippen molar-refractivity contribution in [2.24, 2.45) is 11.3 Å². The van der Waals surface area contributed by atoms with Crippen molar-refractivity contribution in [2.75, 3.05) is 25.0 Å². The summed E-state index contributed by atoms with van der Waals surface area (Å²) in [5, 5.41) is 12.0. The van der Waals surface area contributed by atoms with E-state index >= 15 is 0 Å². The molecule has 0 spiro atoms. The van der Waals surface area contributed by atoms with Gasteiger partial charge in [0.1, 0.15) is 5.75 Å². The number of rotatable bonds is 5. The van der Waals surface area contributed by atoms with E-state index in [1.54, 1.807) is 19.1 Å². The molecule has 6 nitrogen and oxygen atoms in total. The number of amides is 2. The van der Waals surface area contributed by atoms with Crippen molar-refractivity contribution in [3.63, 3.8) is 0 Å². The number of carboxylic acid groups (broad SMARTS) is 1. The Bertz CT molecular complexity index is 588. The Kier molecular flexibility index (Phi) is 5.13. The zero-order chi connectivity index (χ0) is 17.0. The number of carbonyl (C=O) groups is 2. The first-order valence-electron chi connectivity index (χ1n) is 7.82. The normalized spacial score (nSPS) is 20.6. The summed E-state index contributed by atoms with van der Waals surface area (Å²) >= 11 is 0. The maximum Gasteiger partial charge on any atom is 0.321 e. The first-order valence-corrected chi connectivity index (χ1v) is 7.82. The van der Waals surface area contributed by atoms with Gasteiger partial charge in [0.2, 0.25) is 0 Å². The fourth-order valence-electron chi connectivity index (χ4n) is 2.44. The van der Waals surface area contributed by atoms with E-state index in [2.05, 4.69) is 19.2 Å². The highest BCUT2D eigenvalue weighted by molar-refractivity contribution is 5.90. The first kappa shape index (κ1) is 17.1. The van der Waals surface area contributed by atoms with Crippen LogP contribution >= 0.6 is 0 Å². The molecule has 6 heteroatoms. The Morgan fingerprint density at radius 3 is 2.78 bits per heavy atom. The van der Waals surface area contributed by atoms with Gasteiger partial charge < -0.3 is 20.1 Å². The van der Waals surface area contributed by atoms with Gasteiger partial charge in [0.05, 0.1) is 12.0 Å². The zero-order valence-corrected chi connectivity index (χ0v) is 13.8. The number of urea groups is 1. The summed E-state index contributed by atoms with van der Waals surface area (Å²) in [6.07, 6.45) is 0.466. The third kappa shape index (κ3) is 4.37. The van der Waals surface area contributed by atoms with Crippen molar-refractivity contribution in [3.05, 3.63) is 24.3 Å². The molecule has 0 aliphatic carbocycles. The number of aliphatic carboxylic acids is 1. The number of likely N-dealkylation sites (tertiary alicyclic amines) is 1. The van der Waals surface area contributed by atoms with Gasteiger partial charge in [0.25, 0.3) is 0 Å². The van der Waals surface area contributed by atoms with Gasteiger partial charge in [-0.05, 0) is 31.4 Å². The minimum absolute atomic E-state index is 0.220. The lowest BCUT2D eigenvalue weighted by Crippen LogP contribution is -2.37. The van der Waals surface area contributed by atoms with Crippen LogP contribution in [0.15, 0.2) is 24.3 Å². The Hall–Kier alpha value is -2.24. The standard InChI is InChI=1S/C17H24N2O4/c1-12(2)10-23-14-6-4-5-13(9-14)18-16(22)19-8-7-17(3,11-19)15(20)21/h4-6,9,12H,7-8,10-11H2,1-3H3,(H,18,22)(H,20,21). The summed E-state index contributed by atoms with van der Waals surface area (Å²) < 4.78 is 5.64. The monoisotopic (exact) mass is 320 g/mol. The number of ether oxygens (including phenoxy) is 1. The molecule has 2 rings (SSSR count). The molecular formula is C17H24N2O4. The molecule has 1 fully saturated rings. The number of hydrogen-bond acceptors (Lipinski definition) is 3. The largest absolute Gasteiger partial charge is 0.493 e. The van der Waals surface area contributed by atoms with Crippen LogP contribution in [0.1, 0.15) is 27.2 Å². The van der Waals surface area contributed by atoms with Crippen molar-refractivity contribution in [2.45, 2.75) is 27.2 Å². The van der Waals surface area contributed by atoms with Crippen LogP contribution in [-0.2, 0) is 4.79 Å². The molecular weight excluding hydrogens is 296 g/mol. The number of benzene rings is 1. The minimum atomic E-state index is -0.864. The molecule has 2 amide bonds. The Morgan fingerprint density at radius 2 is 2.17 bits per heavy atom. The van der Waals surface area contributed by atoms with Crippen LogP contribution in [0, 0.1) is 11.3 Å². The van der Waals surface area contributed by atoms with E-state index in [9.17, 15) is 14.7 Å². The van der Waals surface area contributed by atoms with Gasteiger partial charge in [-0.1, -0.05) is 19.9 Å². The summed E-state index contributed by atoms with van der Waals surface area (Å²) in [4.78, 5) is 25.1. The van der Waals surface area contributed by atoms with Crippen molar-refractivity contribution in [1.29, 1.82) is 0 Å². The Balaban J connectivity index is 1.96. The zero-order valence-electron chi connectivity index (χ0n) is 13.8. The van der Waals surface area contributed by atoms with E-state index in [0.717, 1.165) is 0 Å². The highest BCUT2D eigenvalue weighted by atomic mass is 16.5. The van der Waals surface area contributed by atoms with Gasteiger partial charge in [0, 0.05) is 24.8 Å². The molecule has 0 radical (unpaired) electrons. The number of nitrogens with zero attached hydrogens (tertiary/aromatic N) is 1. The molecule has 23 heavy (non-hydrogen) atoms. The molecule has 1 aliphatic rings. The van der Waals surface area contributed by atoms with E-state index in [0.29, 0.717) is 36.9 Å². The predicted molar refractivity (Wildman–Crippen MR) is 87.7 cm³/mol. The second-order valence-electron chi connectivity index (χ2n) is 6.70. The summed E-state index contributed by atoms with van der Waals surface area (Å²) in [6, 6.07) is 6.93. The van der Waals surface area contributed by atoms with E-state index in [1.807, 2.05) is 12.1 Å². The maximum atomic E-state index is 12.3. The van der Waals surface area contributed by atoms with E-state index < -0.39 is 11.4 Å². The Morgan fingerprint density at radius 1 is 1.43 bits per heavy atom. The summed E-state index contributed by atoms with van der Waals surface area (Å²) in [5.41, 5.74) is -0.222. The van der Waals surface area contributed by atoms with E-state index in [-0.39, 0.29) is 12.6 Å². The van der Waals surface area contributed by atoms with Gasteiger partial charge in [0.15, 0.2) is 0 Å². The maximum absolute atomic E-state index is 12.3. The second kappa shape index (κ2) is 6.89. The van der Waals surface area contributed by atoms with Crippen LogP contribution in [0.3, 0.4) is 0 Å². The van der Waals surface area contributed by atoms with Crippen molar-refractivity contribution < 1.29 is 19.4 Å². The molecule has 2 N–H and O–H groups in total. The first-order chi connectivity index (χ1) is 10.8. The smallest absolute Gasteiger partial charge is 0.321 e. The fourth-order valence-corrected chi connectivity index (χ4v) is 2.44. The SMILES string of the molecule is CC(C)COc1cccc(NC(=O)N2CCC(C)(C(=O)O)C2)c1. The van der Waals surface area contributed by atoms with E-state index in [1.165, 1.54) is 4.90 Å². The van der Waals surface area contributed by atoms with Gasteiger partial charge in [-0.3, -0.25) is 4.79 Å². The minimum Gasteiger partial charge on any atom is -0.493 e. The fraction of sp³-hybridized carbons (Fsp3) is 0.529. The molecule has 1 heterocycles. The van der Waals surface area contributed by atoms with Crippen molar-refractivity contribution in [3.8, 4) is 5.75 Å². The van der Waals surface area contributed by atoms with E-state index in [4.69, 9.17) is 4.74 Å². The summed E-state index contributed by atoms with van der Waals surface area (Å²) in [6.45, 7) is 7.08. The quantitative estimate of drug-likeness (QED) is 0.874. The number of hydrogen-bond donors (Lipinski definition) is 2. The lowest BCUT2D eigenvalue weighted by Gasteiger charge is -2.20. The average molecular weight is 320 g/mol. The molecule has 0 saturated carbocycles. The molecule has 126 valence electrons. The third-order valence-electron chi connectivity index (χ3n) is 3.95. The van der Waals surface area contributed by atoms with Crippen LogP contribution < -0.4 is 10.1 Å². The van der Waals surface area contributed by atoms with Gasteiger partial charge in [-0.2, -0.15) is 0 Å². The van der Waals surface area contributed by atoms with Crippen LogP contribution in [0.4, 0.5) is 10.5 Å². The highest BCUT2D eigenvalue weighted by Crippen LogP contribution is 2.30. The third-order valence-corrected chi connectivity index (χ3v) is 3.95. The average Bonchev–Trinajstić information content (AvgIpc) is 2.90. The molecule has 1 aromatic rings. The molecule has 1 aliphatic heterocycles. The van der Waals surface area contributed by atoms with Crippen LogP contribution in [-0.4, -0.2) is 41.7 Å². The highest BCUT2D eigenvalue weighted by Gasteiger charge is 2.42. The predicted octanol–water partition coefficient (Wildman–Crippen LogP) is 3.05. The molecule has 1 unspecified atom stereocenters. The lowest BCUT2D eigenvalue weighted by molar-refractivity contribution is -0.146. The van der Waals surface area contributed by atoms with Crippen LogP contribution in [0.25, 0.3) is 0 Å². The molecule has 1 aromatic carbocycles. The van der Waals surface area contributed by atoms with Gasteiger partial charge in [-0.25, -0.2) is 4.79 Å². The summed E-state index contributed by atoms with van der Waals surface area (Å²) in [7, 11) is 0. The van der Waals surface area contributed by atoms with Crippen molar-refractivity contribution in [1.82, 2.24) is 4.90 Å². The van der Waals surface area contributed by atoms with Crippen LogP contribution in [0.5, 0.6) is 5.75 Å². The van der Waals surface area contributed by atoms with Crippen LogP contribution in [0.2, 0.25) is 0 Å². The molecule has 1 saturated heterocycles. The second-order valence-corrected chi connectivity index (χ2v) is 6.70. The number of carboxylic acids is 1. The topological polar surface area (TPSA) is 78.9 Å². The number of carbonyl (C=O) groups excluding carboxylic acids is 1. The molecule has 1 atom stereocenters. The number of anilines is 1. The number of nitrogens with one attached hydrogen (secondary N) is 1. The molecule has 0 aromatic heterocycles. The van der Waals surface area contributed by atoms with Gasteiger partial charge in [-0.15, -0.1) is 0 Å². The molecule has 0 bridgehead atoms. The Labute approximate surface area is 136 Å². The summed E-state index contributed by atoms with van der Waals surface area (Å²) in [5.74, 6) is 0.261.